The van der Waals surface area contributed by atoms with E-state index in [9.17, 15) is 8.42 Å². The highest BCUT2D eigenvalue weighted by atomic mass is 35.5. The monoisotopic (exact) mass is 280 g/mol. The standard InChI is InChI=1S/C5H5ClN6O2S2/c6-5-7-2-4(15-5)16(13,14)8-1-3-9-11-12-10-3/h2,8H,1H2,(H,9,10,11,12). The lowest BCUT2D eigenvalue weighted by Crippen LogP contribution is -2.23. The third-order valence-corrected chi connectivity index (χ3v) is 4.51. The smallest absolute Gasteiger partial charge is 0.232 e. The second-order valence-corrected chi connectivity index (χ2v) is 6.19. The van der Waals surface area contributed by atoms with E-state index in [0.29, 0.717) is 0 Å². The van der Waals surface area contributed by atoms with Gasteiger partial charge in [0.1, 0.15) is 0 Å². The molecule has 0 amide bonds. The first-order chi connectivity index (χ1) is 7.58. The Balaban J connectivity index is 2.09. The zero-order valence-corrected chi connectivity index (χ0v) is 9.97. The minimum Gasteiger partial charge on any atom is -0.232 e. The van der Waals surface area contributed by atoms with Gasteiger partial charge in [-0.05, 0) is 0 Å². The maximum atomic E-state index is 11.7. The van der Waals surface area contributed by atoms with Crippen LogP contribution >= 0.6 is 22.9 Å². The molecular weight excluding hydrogens is 276 g/mol. The van der Waals surface area contributed by atoms with Crippen LogP contribution in [0.25, 0.3) is 0 Å². The number of sulfonamides is 1. The molecule has 2 rings (SSSR count). The van der Waals surface area contributed by atoms with Crippen LogP contribution in [-0.2, 0) is 16.6 Å². The maximum absolute atomic E-state index is 11.7. The molecule has 0 aliphatic heterocycles. The summed E-state index contributed by atoms with van der Waals surface area (Å²) in [6, 6.07) is 0. The molecular formula is C5H5ClN6O2S2. The fraction of sp³-hybridized carbons (Fsp3) is 0.200. The molecule has 8 nitrogen and oxygen atoms in total. The van der Waals surface area contributed by atoms with Gasteiger partial charge in [-0.2, -0.15) is 5.21 Å². The summed E-state index contributed by atoms with van der Waals surface area (Å²) in [5.41, 5.74) is 0. The summed E-state index contributed by atoms with van der Waals surface area (Å²) in [6.45, 7) is -0.0473. The molecule has 0 fully saturated rings. The zero-order chi connectivity index (χ0) is 11.6. The van der Waals surface area contributed by atoms with Gasteiger partial charge in [0.05, 0.1) is 12.7 Å². The molecule has 0 radical (unpaired) electrons. The Bertz CT molecular complexity index is 564. The molecule has 2 heterocycles. The van der Waals surface area contributed by atoms with Gasteiger partial charge in [0.15, 0.2) is 14.5 Å². The van der Waals surface area contributed by atoms with E-state index in [4.69, 9.17) is 11.6 Å². The van der Waals surface area contributed by atoms with Gasteiger partial charge < -0.3 is 0 Å². The number of aromatic nitrogens is 5. The first kappa shape index (κ1) is 11.4. The number of halogens is 1. The van der Waals surface area contributed by atoms with E-state index in [0.717, 1.165) is 11.3 Å². The number of hydrogen-bond acceptors (Lipinski definition) is 7. The minimum atomic E-state index is -3.62. The highest BCUT2D eigenvalue weighted by Crippen LogP contribution is 2.22. The summed E-state index contributed by atoms with van der Waals surface area (Å²) in [5, 5.41) is 12.7. The van der Waals surface area contributed by atoms with Crippen molar-refractivity contribution < 1.29 is 8.42 Å². The van der Waals surface area contributed by atoms with E-state index in [-0.39, 0.29) is 21.0 Å². The number of hydrogen-bond donors (Lipinski definition) is 2. The van der Waals surface area contributed by atoms with Gasteiger partial charge in [-0.15, -0.1) is 10.2 Å². The summed E-state index contributed by atoms with van der Waals surface area (Å²) < 4.78 is 25.8. The Morgan fingerprint density at radius 1 is 1.56 bits per heavy atom. The first-order valence-electron chi connectivity index (χ1n) is 3.91. The summed E-state index contributed by atoms with van der Waals surface area (Å²) in [7, 11) is -3.62. The average Bonchev–Trinajstić information content (AvgIpc) is 2.85. The van der Waals surface area contributed by atoms with Crippen LogP contribution in [0.3, 0.4) is 0 Å². The van der Waals surface area contributed by atoms with E-state index in [1.165, 1.54) is 6.20 Å². The first-order valence-corrected chi connectivity index (χ1v) is 6.59. The van der Waals surface area contributed by atoms with Crippen LogP contribution in [0, 0.1) is 0 Å². The Hall–Kier alpha value is -1.10. The second-order valence-electron chi connectivity index (χ2n) is 2.58. The zero-order valence-electron chi connectivity index (χ0n) is 7.58. The predicted octanol–water partition coefficient (Wildman–Crippen LogP) is -0.212. The molecule has 0 saturated heterocycles. The number of tetrazole rings is 1. The fourth-order valence-corrected chi connectivity index (χ4v) is 3.17. The van der Waals surface area contributed by atoms with Crippen molar-refractivity contribution in [3.63, 3.8) is 0 Å². The SMILES string of the molecule is O=S(=O)(NCc1nn[nH]n1)c1cnc(Cl)s1. The Morgan fingerprint density at radius 3 is 2.94 bits per heavy atom. The van der Waals surface area contributed by atoms with Crippen molar-refractivity contribution in [2.24, 2.45) is 0 Å². The molecule has 2 aromatic rings. The van der Waals surface area contributed by atoms with Crippen molar-refractivity contribution in [1.82, 2.24) is 30.3 Å². The van der Waals surface area contributed by atoms with Gasteiger partial charge >= 0.3 is 0 Å². The van der Waals surface area contributed by atoms with Crippen LogP contribution in [0.15, 0.2) is 10.4 Å². The van der Waals surface area contributed by atoms with Crippen molar-refractivity contribution in [3.05, 3.63) is 16.5 Å². The number of nitrogens with zero attached hydrogens (tertiary/aromatic N) is 4. The van der Waals surface area contributed by atoms with Crippen LogP contribution < -0.4 is 4.72 Å². The number of thiazole rings is 1. The minimum absolute atomic E-state index is 0.0426. The molecule has 2 aromatic heterocycles. The Kier molecular flexibility index (Phi) is 3.14. The molecule has 0 aromatic carbocycles. The summed E-state index contributed by atoms with van der Waals surface area (Å²) in [4.78, 5) is 3.64. The molecule has 11 heteroatoms. The molecule has 0 aliphatic carbocycles. The quantitative estimate of drug-likeness (QED) is 0.801. The van der Waals surface area contributed by atoms with Gasteiger partial charge in [0.2, 0.25) is 0 Å². The van der Waals surface area contributed by atoms with Crippen LogP contribution in [-0.4, -0.2) is 34.0 Å². The van der Waals surface area contributed by atoms with Crippen LogP contribution in [0.4, 0.5) is 0 Å². The molecule has 16 heavy (non-hydrogen) atoms. The topological polar surface area (TPSA) is 114 Å². The van der Waals surface area contributed by atoms with Gasteiger partial charge in [0, 0.05) is 0 Å². The summed E-state index contributed by atoms with van der Waals surface area (Å²) in [5.74, 6) is 0.249. The van der Waals surface area contributed by atoms with E-state index >= 15 is 0 Å². The molecule has 0 atom stereocenters. The van der Waals surface area contributed by atoms with Crippen molar-refractivity contribution in [2.45, 2.75) is 10.8 Å². The van der Waals surface area contributed by atoms with E-state index < -0.39 is 10.0 Å². The van der Waals surface area contributed by atoms with Crippen LogP contribution in [0.1, 0.15) is 5.82 Å². The van der Waals surface area contributed by atoms with Crippen molar-refractivity contribution in [2.75, 3.05) is 0 Å². The molecule has 2 N–H and O–H groups in total. The van der Waals surface area contributed by atoms with E-state index in [1.807, 2.05) is 0 Å². The van der Waals surface area contributed by atoms with Crippen LogP contribution in [0.5, 0.6) is 0 Å². The lowest BCUT2D eigenvalue weighted by molar-refractivity contribution is 0.581. The normalized spacial score (nSPS) is 11.8. The second kappa shape index (κ2) is 4.41. The van der Waals surface area contributed by atoms with Gasteiger partial charge in [-0.3, -0.25) is 0 Å². The fourth-order valence-electron chi connectivity index (χ4n) is 0.851. The molecule has 0 spiro atoms. The lowest BCUT2D eigenvalue weighted by Gasteiger charge is -1.99. The van der Waals surface area contributed by atoms with Gasteiger partial charge in [-0.25, -0.2) is 18.1 Å². The van der Waals surface area contributed by atoms with Crippen molar-refractivity contribution in [1.29, 1.82) is 0 Å². The van der Waals surface area contributed by atoms with E-state index in [1.54, 1.807) is 0 Å². The number of nitrogens with one attached hydrogen (secondary N) is 2. The lowest BCUT2D eigenvalue weighted by atomic mass is 10.7. The number of rotatable bonds is 4. The van der Waals surface area contributed by atoms with E-state index in [2.05, 4.69) is 30.3 Å². The highest BCUT2D eigenvalue weighted by molar-refractivity contribution is 7.91. The summed E-state index contributed by atoms with van der Waals surface area (Å²) >= 11 is 6.41. The molecule has 0 bridgehead atoms. The van der Waals surface area contributed by atoms with Gasteiger partial charge in [0.25, 0.3) is 10.0 Å². The molecule has 0 aliphatic rings. The predicted molar refractivity (Wildman–Crippen MR) is 55.3 cm³/mol. The molecule has 86 valence electrons. The molecule has 0 saturated carbocycles. The third kappa shape index (κ3) is 2.52. The Labute approximate surface area is 99.1 Å². The number of H-pyrrole nitrogens is 1. The maximum Gasteiger partial charge on any atom is 0.252 e. The van der Waals surface area contributed by atoms with Crippen LogP contribution in [0.2, 0.25) is 4.47 Å². The number of aromatic amines is 1. The van der Waals surface area contributed by atoms with Crippen molar-refractivity contribution in [3.8, 4) is 0 Å². The summed E-state index contributed by atoms with van der Waals surface area (Å²) in [6.07, 6.45) is 1.19. The van der Waals surface area contributed by atoms with Gasteiger partial charge in [-0.1, -0.05) is 28.2 Å². The molecule has 0 unspecified atom stereocenters. The highest BCUT2D eigenvalue weighted by Gasteiger charge is 2.17. The average molecular weight is 281 g/mol. The van der Waals surface area contributed by atoms with Crippen molar-refractivity contribution >= 4 is 33.0 Å². The Morgan fingerprint density at radius 2 is 2.38 bits per heavy atom. The largest absolute Gasteiger partial charge is 0.252 e. The third-order valence-electron chi connectivity index (χ3n) is 1.53.